The van der Waals surface area contributed by atoms with E-state index in [0.29, 0.717) is 19.3 Å². The summed E-state index contributed by atoms with van der Waals surface area (Å²) in [5, 5.41) is 10.0. The van der Waals surface area contributed by atoms with Gasteiger partial charge in [0.25, 0.3) is 0 Å². The highest BCUT2D eigenvalue weighted by molar-refractivity contribution is 6.08. The number of ketones is 1. The number of amides is 1. The van der Waals surface area contributed by atoms with Crippen molar-refractivity contribution >= 4 is 17.6 Å². The lowest BCUT2D eigenvalue weighted by atomic mass is 9.58. The molecule has 1 amide bonds. The molecule has 1 aliphatic carbocycles. The zero-order valence-corrected chi connectivity index (χ0v) is 13.1. The number of rotatable bonds is 3. The van der Waals surface area contributed by atoms with Gasteiger partial charge in [-0.1, -0.05) is 18.2 Å². The second-order valence-electron chi connectivity index (χ2n) is 6.87. The van der Waals surface area contributed by atoms with E-state index in [-0.39, 0.29) is 11.2 Å². The average Bonchev–Trinajstić information content (AvgIpc) is 2.69. The summed E-state index contributed by atoms with van der Waals surface area (Å²) < 4.78 is 4.87. The van der Waals surface area contributed by atoms with Gasteiger partial charge >= 0.3 is 6.09 Å². The van der Waals surface area contributed by atoms with Crippen LogP contribution in [0.15, 0.2) is 24.3 Å². The summed E-state index contributed by atoms with van der Waals surface area (Å²) in [7, 11) is 1.32. The number of fused-ring (bicyclic) bond motifs is 3. The van der Waals surface area contributed by atoms with Crippen LogP contribution in [0.4, 0.5) is 10.5 Å². The first-order chi connectivity index (χ1) is 10.3. The van der Waals surface area contributed by atoms with Crippen LogP contribution < -0.4 is 4.90 Å². The van der Waals surface area contributed by atoms with Gasteiger partial charge in [0.1, 0.15) is 6.04 Å². The first-order valence-electron chi connectivity index (χ1n) is 7.52. The van der Waals surface area contributed by atoms with Crippen molar-refractivity contribution in [3.63, 3.8) is 0 Å². The molecule has 0 radical (unpaired) electrons. The quantitative estimate of drug-likeness (QED) is 0.931. The summed E-state index contributed by atoms with van der Waals surface area (Å²) in [6.45, 7) is 3.52. The van der Waals surface area contributed by atoms with Gasteiger partial charge in [0, 0.05) is 11.8 Å². The molecule has 5 nitrogen and oxygen atoms in total. The standard InChI is InChI=1S/C17H21NO4/c1-16(2,21)8-9-17-10-13(19)14(17)18(15(20)22-3)12-7-5-4-6-11(12)17/h4-7,14,21H,8-10H2,1-3H3/t14-,17-/m0/s1. The number of benzene rings is 1. The minimum Gasteiger partial charge on any atom is -0.452 e. The molecule has 0 spiro atoms. The van der Waals surface area contributed by atoms with Crippen LogP contribution in [0.5, 0.6) is 0 Å². The zero-order chi connectivity index (χ0) is 16.1. The summed E-state index contributed by atoms with van der Waals surface area (Å²) in [5.74, 6) is 0.0531. The molecule has 0 unspecified atom stereocenters. The Morgan fingerprint density at radius 3 is 2.73 bits per heavy atom. The fourth-order valence-electron chi connectivity index (χ4n) is 3.75. The van der Waals surface area contributed by atoms with Crippen molar-refractivity contribution in [1.29, 1.82) is 0 Å². The molecule has 2 aliphatic rings. The molecule has 2 atom stereocenters. The second kappa shape index (κ2) is 4.81. The molecule has 1 fully saturated rings. The van der Waals surface area contributed by atoms with Crippen molar-refractivity contribution in [3.05, 3.63) is 29.8 Å². The van der Waals surface area contributed by atoms with Gasteiger partial charge in [0.05, 0.1) is 18.4 Å². The molecule has 118 valence electrons. The van der Waals surface area contributed by atoms with E-state index in [1.807, 2.05) is 24.3 Å². The molecule has 0 saturated heterocycles. The number of nitrogens with zero attached hydrogens (tertiary/aromatic N) is 1. The molecule has 1 saturated carbocycles. The summed E-state index contributed by atoms with van der Waals surface area (Å²) in [5.41, 5.74) is 0.572. The van der Waals surface area contributed by atoms with Crippen molar-refractivity contribution in [1.82, 2.24) is 0 Å². The molecule has 1 aliphatic heterocycles. The van der Waals surface area contributed by atoms with Crippen molar-refractivity contribution < 1.29 is 19.4 Å². The zero-order valence-electron chi connectivity index (χ0n) is 13.1. The van der Waals surface area contributed by atoms with Crippen molar-refractivity contribution in [2.24, 2.45) is 0 Å². The fraction of sp³-hybridized carbons (Fsp3) is 0.529. The predicted octanol–water partition coefficient (Wildman–Crippen LogP) is 2.40. The number of ether oxygens (including phenoxy) is 1. The summed E-state index contributed by atoms with van der Waals surface area (Å²) in [6.07, 6.45) is 1.14. The minimum absolute atomic E-state index is 0.0531. The predicted molar refractivity (Wildman–Crippen MR) is 81.9 cm³/mol. The minimum atomic E-state index is -0.800. The number of carbonyl (C=O) groups excluding carboxylic acids is 2. The summed E-state index contributed by atoms with van der Waals surface area (Å²) in [4.78, 5) is 25.9. The van der Waals surface area contributed by atoms with E-state index < -0.39 is 17.7 Å². The molecular weight excluding hydrogens is 282 g/mol. The number of hydrogen-bond donors (Lipinski definition) is 1. The lowest BCUT2D eigenvalue weighted by Crippen LogP contribution is -2.62. The van der Waals surface area contributed by atoms with Crippen LogP contribution in [0.1, 0.15) is 38.7 Å². The van der Waals surface area contributed by atoms with E-state index in [9.17, 15) is 14.7 Å². The number of methoxy groups -OCH3 is 1. The van der Waals surface area contributed by atoms with Gasteiger partial charge in [-0.3, -0.25) is 9.69 Å². The van der Waals surface area contributed by atoms with Gasteiger partial charge in [0.15, 0.2) is 5.78 Å². The van der Waals surface area contributed by atoms with Gasteiger partial charge in [-0.25, -0.2) is 4.79 Å². The smallest absolute Gasteiger partial charge is 0.414 e. The maximum atomic E-state index is 12.2. The first kappa shape index (κ1) is 15.0. The molecular formula is C17H21NO4. The van der Waals surface area contributed by atoms with E-state index >= 15 is 0 Å². The van der Waals surface area contributed by atoms with E-state index in [1.165, 1.54) is 12.0 Å². The van der Waals surface area contributed by atoms with Crippen LogP contribution in [0, 0.1) is 0 Å². The number of anilines is 1. The Balaban J connectivity index is 2.03. The van der Waals surface area contributed by atoms with Crippen LogP contribution in [-0.2, 0) is 14.9 Å². The van der Waals surface area contributed by atoms with Crippen LogP contribution in [0.2, 0.25) is 0 Å². The molecule has 5 heteroatoms. The van der Waals surface area contributed by atoms with Gasteiger partial charge in [0.2, 0.25) is 0 Å². The monoisotopic (exact) mass is 303 g/mol. The summed E-state index contributed by atoms with van der Waals surface area (Å²) >= 11 is 0. The Morgan fingerprint density at radius 2 is 2.14 bits per heavy atom. The van der Waals surface area contributed by atoms with Crippen molar-refractivity contribution in [3.8, 4) is 0 Å². The molecule has 1 aromatic rings. The van der Waals surface area contributed by atoms with E-state index in [1.54, 1.807) is 13.8 Å². The Hall–Kier alpha value is -1.88. The number of para-hydroxylation sites is 1. The Morgan fingerprint density at radius 1 is 1.45 bits per heavy atom. The highest BCUT2D eigenvalue weighted by atomic mass is 16.5. The molecule has 22 heavy (non-hydrogen) atoms. The number of Topliss-reactive ketones (excluding diaryl/α,β-unsaturated/α-hetero) is 1. The fourth-order valence-corrected chi connectivity index (χ4v) is 3.75. The third-order valence-electron chi connectivity index (χ3n) is 4.83. The van der Waals surface area contributed by atoms with Crippen molar-refractivity contribution in [2.75, 3.05) is 12.0 Å². The molecule has 1 heterocycles. The largest absolute Gasteiger partial charge is 0.452 e. The molecule has 0 aromatic heterocycles. The highest BCUT2D eigenvalue weighted by Crippen LogP contribution is 2.57. The topological polar surface area (TPSA) is 66.8 Å². The van der Waals surface area contributed by atoms with Crippen LogP contribution >= 0.6 is 0 Å². The van der Waals surface area contributed by atoms with Crippen LogP contribution in [0.25, 0.3) is 0 Å². The lowest BCUT2D eigenvalue weighted by molar-refractivity contribution is -0.131. The van der Waals surface area contributed by atoms with Crippen LogP contribution in [0.3, 0.4) is 0 Å². The number of hydrogen-bond acceptors (Lipinski definition) is 4. The molecule has 3 rings (SSSR count). The molecule has 1 aromatic carbocycles. The van der Waals surface area contributed by atoms with E-state index in [2.05, 4.69) is 0 Å². The Kier molecular flexibility index (Phi) is 3.29. The molecule has 0 bridgehead atoms. The average molecular weight is 303 g/mol. The van der Waals surface area contributed by atoms with E-state index in [0.717, 1.165) is 11.3 Å². The number of carbonyl (C=O) groups is 2. The summed E-state index contributed by atoms with van der Waals surface area (Å²) in [6, 6.07) is 7.10. The highest BCUT2D eigenvalue weighted by Gasteiger charge is 2.64. The number of aliphatic hydroxyl groups is 1. The second-order valence-corrected chi connectivity index (χ2v) is 6.87. The molecule has 1 N–H and O–H groups in total. The maximum Gasteiger partial charge on any atom is 0.414 e. The SMILES string of the molecule is COC(=O)N1c2ccccc2[C@]2(CCC(C)(C)O)CC(=O)[C@H]12. The Bertz CT molecular complexity index is 634. The first-order valence-corrected chi connectivity index (χ1v) is 7.52. The Labute approximate surface area is 129 Å². The van der Waals surface area contributed by atoms with Crippen LogP contribution in [-0.4, -0.2) is 35.7 Å². The third-order valence-corrected chi connectivity index (χ3v) is 4.83. The van der Waals surface area contributed by atoms with Gasteiger partial charge < -0.3 is 9.84 Å². The van der Waals surface area contributed by atoms with Gasteiger partial charge in [-0.15, -0.1) is 0 Å². The van der Waals surface area contributed by atoms with E-state index in [4.69, 9.17) is 4.74 Å². The van der Waals surface area contributed by atoms with Gasteiger partial charge in [-0.05, 0) is 38.3 Å². The lowest BCUT2D eigenvalue weighted by Gasteiger charge is -2.46. The third kappa shape index (κ3) is 2.03. The van der Waals surface area contributed by atoms with Crippen molar-refractivity contribution in [2.45, 2.75) is 50.2 Å². The van der Waals surface area contributed by atoms with Gasteiger partial charge in [-0.2, -0.15) is 0 Å². The maximum absolute atomic E-state index is 12.2. The normalized spacial score (nSPS) is 26.3.